The molecule has 20 heavy (non-hydrogen) atoms. The molecule has 2 nitrogen and oxygen atoms in total. The number of hydrogen-bond acceptors (Lipinski definition) is 2. The van der Waals surface area contributed by atoms with Crippen molar-refractivity contribution in [1.82, 2.24) is 4.90 Å². The maximum atomic E-state index is 12.8. The molecule has 0 radical (unpaired) electrons. The Labute approximate surface area is 121 Å². The predicted molar refractivity (Wildman–Crippen MR) is 79.4 cm³/mol. The summed E-state index contributed by atoms with van der Waals surface area (Å²) in [6, 6.07) is 5.85. The van der Waals surface area contributed by atoms with Gasteiger partial charge in [0.25, 0.3) is 0 Å². The molecule has 1 aliphatic heterocycles. The molecular formula is C17H24FNO. The van der Waals surface area contributed by atoms with E-state index in [9.17, 15) is 9.18 Å². The number of nitrogens with zero attached hydrogens (tertiary/aromatic N) is 1. The molecule has 1 saturated heterocycles. The lowest BCUT2D eigenvalue weighted by atomic mass is 10.0. The zero-order valence-corrected chi connectivity index (χ0v) is 12.3. The second kappa shape index (κ2) is 7.53. The lowest BCUT2D eigenvalue weighted by molar-refractivity contribution is 0.0976. The minimum Gasteiger partial charge on any atom is -0.303 e. The molecule has 1 heterocycles. The summed E-state index contributed by atoms with van der Waals surface area (Å²) in [6.45, 7) is 5.62. The van der Waals surface area contributed by atoms with Crippen molar-refractivity contribution >= 4 is 5.78 Å². The third-order valence-electron chi connectivity index (χ3n) is 4.11. The van der Waals surface area contributed by atoms with Crippen LogP contribution in [0.2, 0.25) is 0 Å². The molecule has 110 valence electrons. The molecule has 1 aromatic carbocycles. The molecule has 1 aliphatic rings. The summed E-state index contributed by atoms with van der Waals surface area (Å²) in [5.41, 5.74) is 0.622. The van der Waals surface area contributed by atoms with E-state index in [1.807, 2.05) is 0 Å². The van der Waals surface area contributed by atoms with Crippen molar-refractivity contribution in [3.8, 4) is 0 Å². The number of halogens is 1. The molecule has 1 unspecified atom stereocenters. The molecule has 0 N–H and O–H groups in total. The Hall–Kier alpha value is -1.22. The monoisotopic (exact) mass is 277 g/mol. The van der Waals surface area contributed by atoms with E-state index in [4.69, 9.17) is 0 Å². The van der Waals surface area contributed by atoms with Crippen LogP contribution in [0.3, 0.4) is 0 Å². The van der Waals surface area contributed by atoms with Crippen LogP contribution in [0, 0.1) is 11.7 Å². The number of likely N-dealkylation sites (tertiary alicyclic amines) is 1. The zero-order chi connectivity index (χ0) is 14.4. The van der Waals surface area contributed by atoms with Crippen molar-refractivity contribution < 1.29 is 9.18 Å². The summed E-state index contributed by atoms with van der Waals surface area (Å²) in [5, 5.41) is 0. The van der Waals surface area contributed by atoms with Crippen LogP contribution in [0.4, 0.5) is 4.39 Å². The van der Waals surface area contributed by atoms with Crippen LogP contribution in [-0.4, -0.2) is 30.3 Å². The first-order valence-corrected chi connectivity index (χ1v) is 7.70. The Balaban J connectivity index is 1.68. The minimum absolute atomic E-state index is 0.120. The second-order valence-electron chi connectivity index (χ2n) is 5.78. The van der Waals surface area contributed by atoms with Gasteiger partial charge in [0.2, 0.25) is 0 Å². The standard InChI is InChI=1S/C17H24FNO/c1-2-4-14-10-12-19(13-14)11-3-5-17(20)15-6-8-16(18)9-7-15/h6-9,14H,2-5,10-13H2,1H3. The van der Waals surface area contributed by atoms with Gasteiger partial charge in [-0.15, -0.1) is 0 Å². The van der Waals surface area contributed by atoms with Crippen LogP contribution in [0.15, 0.2) is 24.3 Å². The lowest BCUT2D eigenvalue weighted by Crippen LogP contribution is -2.22. The van der Waals surface area contributed by atoms with Gasteiger partial charge >= 0.3 is 0 Å². The van der Waals surface area contributed by atoms with Gasteiger partial charge in [0.05, 0.1) is 0 Å². The lowest BCUT2D eigenvalue weighted by Gasteiger charge is -2.15. The van der Waals surface area contributed by atoms with Crippen LogP contribution < -0.4 is 0 Å². The van der Waals surface area contributed by atoms with Gasteiger partial charge in [-0.2, -0.15) is 0 Å². The van der Waals surface area contributed by atoms with E-state index in [-0.39, 0.29) is 11.6 Å². The van der Waals surface area contributed by atoms with Crippen molar-refractivity contribution in [2.75, 3.05) is 19.6 Å². The fourth-order valence-corrected chi connectivity index (χ4v) is 3.00. The van der Waals surface area contributed by atoms with Gasteiger partial charge in [0, 0.05) is 18.5 Å². The van der Waals surface area contributed by atoms with Crippen LogP contribution in [0.1, 0.15) is 49.4 Å². The van der Waals surface area contributed by atoms with Gasteiger partial charge in [-0.05, 0) is 62.5 Å². The van der Waals surface area contributed by atoms with Gasteiger partial charge < -0.3 is 4.90 Å². The molecule has 1 atom stereocenters. The van der Waals surface area contributed by atoms with E-state index < -0.39 is 0 Å². The Kier molecular flexibility index (Phi) is 5.72. The van der Waals surface area contributed by atoms with Crippen molar-refractivity contribution in [1.29, 1.82) is 0 Å². The average Bonchev–Trinajstić information content (AvgIpc) is 2.87. The zero-order valence-electron chi connectivity index (χ0n) is 12.3. The normalized spacial score (nSPS) is 19.4. The highest BCUT2D eigenvalue weighted by molar-refractivity contribution is 5.95. The largest absolute Gasteiger partial charge is 0.303 e. The third-order valence-corrected chi connectivity index (χ3v) is 4.11. The SMILES string of the molecule is CCCC1CCN(CCCC(=O)c2ccc(F)cc2)C1. The first kappa shape index (κ1) is 15.2. The Morgan fingerprint density at radius 3 is 2.80 bits per heavy atom. The van der Waals surface area contributed by atoms with E-state index >= 15 is 0 Å². The molecule has 0 aliphatic carbocycles. The predicted octanol–water partition coefficient (Wildman–Crippen LogP) is 3.91. The molecular weight excluding hydrogens is 253 g/mol. The molecule has 1 fully saturated rings. The highest BCUT2D eigenvalue weighted by Crippen LogP contribution is 2.21. The molecule has 0 amide bonds. The van der Waals surface area contributed by atoms with Gasteiger partial charge in [0.1, 0.15) is 5.82 Å². The summed E-state index contributed by atoms with van der Waals surface area (Å²) in [5.74, 6) is 0.683. The van der Waals surface area contributed by atoms with E-state index in [0.29, 0.717) is 12.0 Å². The van der Waals surface area contributed by atoms with Crippen LogP contribution in [0.5, 0.6) is 0 Å². The van der Waals surface area contributed by atoms with Gasteiger partial charge in [-0.25, -0.2) is 4.39 Å². The number of carbonyl (C=O) groups is 1. The molecule has 0 spiro atoms. The van der Waals surface area contributed by atoms with Crippen LogP contribution in [-0.2, 0) is 0 Å². The van der Waals surface area contributed by atoms with E-state index in [0.717, 1.165) is 18.9 Å². The van der Waals surface area contributed by atoms with Crippen molar-refractivity contribution in [2.45, 2.75) is 39.0 Å². The third kappa shape index (κ3) is 4.41. The number of hydrogen-bond donors (Lipinski definition) is 0. The molecule has 0 aromatic heterocycles. The van der Waals surface area contributed by atoms with E-state index in [1.165, 1.54) is 44.5 Å². The molecule has 0 bridgehead atoms. The summed E-state index contributed by atoms with van der Waals surface area (Å²) in [4.78, 5) is 14.4. The second-order valence-corrected chi connectivity index (χ2v) is 5.78. The molecule has 3 heteroatoms. The van der Waals surface area contributed by atoms with Gasteiger partial charge in [0.15, 0.2) is 5.78 Å². The number of rotatable bonds is 7. The first-order valence-electron chi connectivity index (χ1n) is 7.70. The molecule has 2 rings (SSSR count). The Morgan fingerprint density at radius 1 is 1.35 bits per heavy atom. The fourth-order valence-electron chi connectivity index (χ4n) is 3.00. The van der Waals surface area contributed by atoms with Crippen molar-refractivity contribution in [3.05, 3.63) is 35.6 Å². The maximum absolute atomic E-state index is 12.8. The topological polar surface area (TPSA) is 20.3 Å². The number of carbonyl (C=O) groups excluding carboxylic acids is 1. The number of benzene rings is 1. The molecule has 1 aromatic rings. The van der Waals surface area contributed by atoms with E-state index in [1.54, 1.807) is 12.1 Å². The van der Waals surface area contributed by atoms with Gasteiger partial charge in [-0.3, -0.25) is 4.79 Å². The Morgan fingerprint density at radius 2 is 2.10 bits per heavy atom. The van der Waals surface area contributed by atoms with E-state index in [2.05, 4.69) is 11.8 Å². The first-order chi connectivity index (χ1) is 9.69. The van der Waals surface area contributed by atoms with Gasteiger partial charge in [-0.1, -0.05) is 13.3 Å². The van der Waals surface area contributed by atoms with Crippen molar-refractivity contribution in [2.24, 2.45) is 5.92 Å². The number of ketones is 1. The average molecular weight is 277 g/mol. The minimum atomic E-state index is -0.291. The summed E-state index contributed by atoms with van der Waals surface area (Å²) < 4.78 is 12.8. The Bertz CT molecular complexity index is 429. The fraction of sp³-hybridized carbons (Fsp3) is 0.588. The smallest absolute Gasteiger partial charge is 0.162 e. The van der Waals surface area contributed by atoms with Crippen molar-refractivity contribution in [3.63, 3.8) is 0 Å². The summed E-state index contributed by atoms with van der Waals surface area (Å²) in [6.07, 6.45) is 5.35. The summed E-state index contributed by atoms with van der Waals surface area (Å²) >= 11 is 0. The highest BCUT2D eigenvalue weighted by Gasteiger charge is 2.21. The quantitative estimate of drug-likeness (QED) is 0.704. The van der Waals surface area contributed by atoms with Crippen LogP contribution >= 0.6 is 0 Å². The van der Waals surface area contributed by atoms with Crippen LogP contribution in [0.25, 0.3) is 0 Å². The maximum Gasteiger partial charge on any atom is 0.162 e. The summed E-state index contributed by atoms with van der Waals surface area (Å²) in [7, 11) is 0. The highest BCUT2D eigenvalue weighted by atomic mass is 19.1. The molecule has 0 saturated carbocycles. The number of Topliss-reactive ketones (excluding diaryl/α,β-unsaturated/α-hetero) is 1.